The molecule has 106 valence electrons. The highest BCUT2D eigenvalue weighted by atomic mass is 35.5. The van der Waals surface area contributed by atoms with Gasteiger partial charge in [0.1, 0.15) is 0 Å². The summed E-state index contributed by atoms with van der Waals surface area (Å²) in [6.07, 6.45) is 0. The van der Waals surface area contributed by atoms with Gasteiger partial charge in [0.05, 0.1) is 4.90 Å². The Morgan fingerprint density at radius 2 is 1.80 bits per heavy atom. The first kappa shape index (κ1) is 14.8. The van der Waals surface area contributed by atoms with E-state index in [-0.39, 0.29) is 11.4 Å². The molecule has 0 amide bonds. The summed E-state index contributed by atoms with van der Waals surface area (Å²) < 4.78 is 26.9. The summed E-state index contributed by atoms with van der Waals surface area (Å²) in [7, 11) is -3.58. The van der Waals surface area contributed by atoms with Crippen molar-refractivity contribution in [2.45, 2.75) is 18.4 Å². The zero-order chi connectivity index (χ0) is 14.8. The molecule has 20 heavy (non-hydrogen) atoms. The monoisotopic (exact) mass is 310 g/mol. The van der Waals surface area contributed by atoms with Crippen LogP contribution in [-0.4, -0.2) is 8.42 Å². The second-order valence-electron chi connectivity index (χ2n) is 4.53. The van der Waals surface area contributed by atoms with Gasteiger partial charge in [-0.1, -0.05) is 23.7 Å². The molecule has 0 bridgehead atoms. The fourth-order valence-corrected chi connectivity index (χ4v) is 3.08. The van der Waals surface area contributed by atoms with E-state index in [1.54, 1.807) is 43.3 Å². The summed E-state index contributed by atoms with van der Waals surface area (Å²) in [5.41, 5.74) is 7.74. The molecule has 0 saturated carbocycles. The van der Waals surface area contributed by atoms with E-state index in [1.807, 2.05) is 0 Å². The van der Waals surface area contributed by atoms with Crippen LogP contribution >= 0.6 is 11.6 Å². The largest absolute Gasteiger partial charge is 0.399 e. The maximum absolute atomic E-state index is 12.2. The van der Waals surface area contributed by atoms with Gasteiger partial charge in [0.15, 0.2) is 0 Å². The normalized spacial score (nSPS) is 11.5. The van der Waals surface area contributed by atoms with Crippen LogP contribution in [0.15, 0.2) is 47.4 Å². The Morgan fingerprint density at radius 1 is 1.15 bits per heavy atom. The van der Waals surface area contributed by atoms with Crippen LogP contribution in [0, 0.1) is 6.92 Å². The van der Waals surface area contributed by atoms with Crippen molar-refractivity contribution in [3.8, 4) is 0 Å². The summed E-state index contributed by atoms with van der Waals surface area (Å²) in [6.45, 7) is 2.00. The van der Waals surface area contributed by atoms with Crippen molar-refractivity contribution in [2.75, 3.05) is 5.73 Å². The molecule has 0 aliphatic carbocycles. The van der Waals surface area contributed by atoms with Crippen LogP contribution in [0.3, 0.4) is 0 Å². The Hall–Kier alpha value is -1.56. The summed E-state index contributed by atoms with van der Waals surface area (Å²) in [5, 5.41) is 0.614. The predicted molar refractivity (Wildman–Crippen MR) is 81.1 cm³/mol. The lowest BCUT2D eigenvalue weighted by molar-refractivity contribution is 0.581. The minimum Gasteiger partial charge on any atom is -0.399 e. The molecule has 0 aromatic heterocycles. The average molecular weight is 311 g/mol. The van der Waals surface area contributed by atoms with Crippen molar-refractivity contribution in [1.29, 1.82) is 0 Å². The van der Waals surface area contributed by atoms with Gasteiger partial charge in [-0.2, -0.15) is 0 Å². The standard InChI is InChI=1S/C14H15ClN2O2S/c1-10-6-13(16)8-14(7-10)20(18,19)17-9-11-2-4-12(15)5-3-11/h2-8,17H,9,16H2,1H3. The van der Waals surface area contributed by atoms with Crippen LogP contribution in [-0.2, 0) is 16.6 Å². The lowest BCUT2D eigenvalue weighted by Gasteiger charge is -2.08. The number of nitrogens with one attached hydrogen (secondary N) is 1. The van der Waals surface area contributed by atoms with Gasteiger partial charge in [-0.25, -0.2) is 13.1 Å². The Morgan fingerprint density at radius 3 is 2.40 bits per heavy atom. The second kappa shape index (κ2) is 5.83. The first-order valence-electron chi connectivity index (χ1n) is 5.98. The molecule has 0 saturated heterocycles. The molecule has 0 fully saturated rings. The first-order valence-corrected chi connectivity index (χ1v) is 7.84. The molecule has 3 N–H and O–H groups in total. The van der Waals surface area contributed by atoms with Crippen molar-refractivity contribution in [1.82, 2.24) is 4.72 Å². The van der Waals surface area contributed by atoms with E-state index in [9.17, 15) is 8.42 Å². The molecule has 4 nitrogen and oxygen atoms in total. The van der Waals surface area contributed by atoms with Crippen LogP contribution < -0.4 is 10.5 Å². The highest BCUT2D eigenvalue weighted by Gasteiger charge is 2.14. The number of nitrogens with two attached hydrogens (primary N) is 1. The molecule has 0 aliphatic rings. The minimum atomic E-state index is -3.58. The Labute approximate surface area is 123 Å². The van der Waals surface area contributed by atoms with Crippen LogP contribution in [0.25, 0.3) is 0 Å². The quantitative estimate of drug-likeness (QED) is 0.853. The summed E-state index contributed by atoms with van der Waals surface area (Å²) >= 11 is 5.78. The first-order chi connectivity index (χ1) is 9.37. The fourth-order valence-electron chi connectivity index (χ4n) is 1.80. The third-order valence-electron chi connectivity index (χ3n) is 2.76. The number of hydrogen-bond donors (Lipinski definition) is 2. The van der Waals surface area contributed by atoms with Crippen molar-refractivity contribution in [3.05, 3.63) is 58.6 Å². The molecule has 0 radical (unpaired) electrons. The molecule has 0 spiro atoms. The number of sulfonamides is 1. The zero-order valence-electron chi connectivity index (χ0n) is 10.9. The molecule has 2 rings (SSSR count). The third kappa shape index (κ3) is 3.72. The Kier molecular flexibility index (Phi) is 4.32. The van der Waals surface area contributed by atoms with Crippen LogP contribution in [0.4, 0.5) is 5.69 Å². The van der Waals surface area contributed by atoms with Gasteiger partial charge in [0.2, 0.25) is 10.0 Å². The lowest BCUT2D eigenvalue weighted by atomic mass is 10.2. The van der Waals surface area contributed by atoms with Crippen LogP contribution in [0.2, 0.25) is 5.02 Å². The van der Waals surface area contributed by atoms with E-state index in [1.165, 1.54) is 6.07 Å². The maximum Gasteiger partial charge on any atom is 0.240 e. The Balaban J connectivity index is 2.16. The smallest absolute Gasteiger partial charge is 0.240 e. The molecule has 0 heterocycles. The topological polar surface area (TPSA) is 72.2 Å². The molecule has 0 unspecified atom stereocenters. The number of nitrogen functional groups attached to an aromatic ring is 1. The Bertz CT molecular complexity index is 692. The highest BCUT2D eigenvalue weighted by molar-refractivity contribution is 7.89. The predicted octanol–water partition coefficient (Wildman–Crippen LogP) is 2.71. The van der Waals surface area contributed by atoms with Crippen molar-refractivity contribution >= 4 is 27.3 Å². The third-order valence-corrected chi connectivity index (χ3v) is 4.40. The fraction of sp³-hybridized carbons (Fsp3) is 0.143. The summed E-state index contributed by atoms with van der Waals surface area (Å²) in [6, 6.07) is 11.7. The van der Waals surface area contributed by atoms with Crippen molar-refractivity contribution in [2.24, 2.45) is 0 Å². The van der Waals surface area contributed by atoms with E-state index in [0.29, 0.717) is 10.7 Å². The van der Waals surface area contributed by atoms with Gasteiger partial charge < -0.3 is 5.73 Å². The van der Waals surface area contributed by atoms with Crippen molar-refractivity contribution in [3.63, 3.8) is 0 Å². The number of halogens is 1. The minimum absolute atomic E-state index is 0.170. The lowest BCUT2D eigenvalue weighted by Crippen LogP contribution is -2.23. The van der Waals surface area contributed by atoms with E-state index < -0.39 is 10.0 Å². The highest BCUT2D eigenvalue weighted by Crippen LogP contribution is 2.17. The van der Waals surface area contributed by atoms with Gasteiger partial charge in [-0.15, -0.1) is 0 Å². The van der Waals surface area contributed by atoms with E-state index in [2.05, 4.69) is 4.72 Å². The molecule has 0 aliphatic heterocycles. The molecule has 6 heteroatoms. The van der Waals surface area contributed by atoms with Gasteiger partial charge in [0, 0.05) is 17.3 Å². The number of anilines is 1. The van der Waals surface area contributed by atoms with Crippen LogP contribution in [0.5, 0.6) is 0 Å². The van der Waals surface area contributed by atoms with E-state index in [4.69, 9.17) is 17.3 Å². The maximum atomic E-state index is 12.2. The van der Waals surface area contributed by atoms with Gasteiger partial charge in [-0.05, 0) is 48.4 Å². The number of hydrogen-bond acceptors (Lipinski definition) is 3. The van der Waals surface area contributed by atoms with Crippen molar-refractivity contribution < 1.29 is 8.42 Å². The number of benzene rings is 2. The number of rotatable bonds is 4. The number of aryl methyl sites for hydroxylation is 1. The summed E-state index contributed by atoms with van der Waals surface area (Å²) in [5.74, 6) is 0. The SMILES string of the molecule is Cc1cc(N)cc(S(=O)(=O)NCc2ccc(Cl)cc2)c1. The van der Waals surface area contributed by atoms with Gasteiger partial charge in [-0.3, -0.25) is 0 Å². The molecule has 2 aromatic carbocycles. The van der Waals surface area contributed by atoms with Gasteiger partial charge >= 0.3 is 0 Å². The molecular formula is C14H15ClN2O2S. The molecule has 0 atom stereocenters. The van der Waals surface area contributed by atoms with E-state index >= 15 is 0 Å². The molecule has 2 aromatic rings. The van der Waals surface area contributed by atoms with Gasteiger partial charge in [0.25, 0.3) is 0 Å². The zero-order valence-corrected chi connectivity index (χ0v) is 12.5. The van der Waals surface area contributed by atoms with E-state index in [0.717, 1.165) is 11.1 Å². The average Bonchev–Trinajstić information content (AvgIpc) is 2.37. The second-order valence-corrected chi connectivity index (χ2v) is 6.73. The van der Waals surface area contributed by atoms with Crippen LogP contribution in [0.1, 0.15) is 11.1 Å². The molecular weight excluding hydrogens is 296 g/mol. The summed E-state index contributed by atoms with van der Waals surface area (Å²) in [4.78, 5) is 0.170.